The van der Waals surface area contributed by atoms with Crippen LogP contribution in [0.1, 0.15) is 37.8 Å². The van der Waals surface area contributed by atoms with Gasteiger partial charge < -0.3 is 29.9 Å². The summed E-state index contributed by atoms with van der Waals surface area (Å²) in [6, 6.07) is 28.8. The number of amides is 1. The Balaban J connectivity index is 1.57. The minimum atomic E-state index is -1.66. The third-order valence-electron chi connectivity index (χ3n) is 5.30. The fourth-order valence-corrected chi connectivity index (χ4v) is 3.71. The summed E-state index contributed by atoms with van der Waals surface area (Å²) in [5, 5.41) is 25.3. The van der Waals surface area contributed by atoms with Crippen molar-refractivity contribution >= 4 is 23.5 Å². The third-order valence-corrected chi connectivity index (χ3v) is 5.30. The SMILES string of the molecule is O=C([O-])c1ccc(Oc2cccc(NC(=O)C(c3ccccc3)c3ccccc3)c2)cc1C(=O)[O-]. The fourth-order valence-electron chi connectivity index (χ4n) is 3.71. The van der Waals surface area contributed by atoms with Crippen molar-refractivity contribution in [3.05, 3.63) is 125 Å². The minimum absolute atomic E-state index is 0.0872. The van der Waals surface area contributed by atoms with Crippen LogP contribution in [-0.2, 0) is 4.79 Å². The van der Waals surface area contributed by atoms with E-state index in [2.05, 4.69) is 5.32 Å². The Morgan fingerprint density at radius 2 is 1.20 bits per heavy atom. The molecule has 0 unspecified atom stereocenters. The van der Waals surface area contributed by atoms with Gasteiger partial charge in [-0.2, -0.15) is 0 Å². The maximum Gasteiger partial charge on any atom is 0.236 e. The van der Waals surface area contributed by atoms with E-state index in [9.17, 15) is 24.6 Å². The van der Waals surface area contributed by atoms with Crippen molar-refractivity contribution in [1.82, 2.24) is 0 Å². The van der Waals surface area contributed by atoms with E-state index in [1.807, 2.05) is 60.7 Å². The molecule has 0 aromatic heterocycles. The quantitative estimate of drug-likeness (QED) is 0.427. The highest BCUT2D eigenvalue weighted by Crippen LogP contribution is 2.29. The van der Waals surface area contributed by atoms with Crippen molar-refractivity contribution in [2.75, 3.05) is 5.32 Å². The Morgan fingerprint density at radius 3 is 1.77 bits per heavy atom. The van der Waals surface area contributed by atoms with Crippen LogP contribution in [0.2, 0.25) is 0 Å². The van der Waals surface area contributed by atoms with E-state index in [1.165, 1.54) is 6.07 Å². The lowest BCUT2D eigenvalue weighted by Crippen LogP contribution is -2.30. The zero-order chi connectivity index (χ0) is 24.8. The van der Waals surface area contributed by atoms with Gasteiger partial charge in [-0.3, -0.25) is 4.79 Å². The molecule has 0 spiro atoms. The molecule has 174 valence electrons. The summed E-state index contributed by atoms with van der Waals surface area (Å²) in [4.78, 5) is 35.7. The van der Waals surface area contributed by atoms with Crippen LogP contribution < -0.4 is 20.3 Å². The number of benzene rings is 4. The van der Waals surface area contributed by atoms with E-state index in [1.54, 1.807) is 24.3 Å². The molecule has 0 aliphatic carbocycles. The van der Waals surface area contributed by atoms with Gasteiger partial charge >= 0.3 is 0 Å². The monoisotopic (exact) mass is 465 g/mol. The molecule has 35 heavy (non-hydrogen) atoms. The van der Waals surface area contributed by atoms with Gasteiger partial charge in [-0.15, -0.1) is 0 Å². The van der Waals surface area contributed by atoms with Crippen LogP contribution in [0.25, 0.3) is 0 Å². The van der Waals surface area contributed by atoms with Gasteiger partial charge in [-0.05, 0) is 41.5 Å². The van der Waals surface area contributed by atoms with E-state index >= 15 is 0 Å². The first-order chi connectivity index (χ1) is 16.9. The number of hydrogen-bond acceptors (Lipinski definition) is 6. The lowest BCUT2D eigenvalue weighted by molar-refractivity contribution is -0.259. The molecule has 0 radical (unpaired) electrons. The molecule has 4 rings (SSSR count). The van der Waals surface area contributed by atoms with Crippen molar-refractivity contribution in [2.24, 2.45) is 0 Å². The smallest absolute Gasteiger partial charge is 0.236 e. The standard InChI is InChI=1S/C28H21NO6/c30-26(25(18-8-3-1-4-9-18)19-10-5-2-6-11-19)29-20-12-7-13-21(16-20)35-22-14-15-23(27(31)32)24(17-22)28(33)34/h1-17,25H,(H,29,30)(H,31,32)(H,33,34)/p-2. The van der Waals surface area contributed by atoms with Crippen LogP contribution in [0, 0.1) is 0 Å². The molecular weight excluding hydrogens is 446 g/mol. The molecule has 0 aliphatic rings. The van der Waals surface area contributed by atoms with Crippen molar-refractivity contribution in [3.63, 3.8) is 0 Å². The molecule has 0 atom stereocenters. The summed E-state index contributed by atoms with van der Waals surface area (Å²) in [6.07, 6.45) is 0. The Hall–Kier alpha value is -4.91. The number of carbonyl (C=O) groups excluding carboxylic acids is 3. The highest BCUT2D eigenvalue weighted by atomic mass is 16.5. The van der Waals surface area contributed by atoms with Crippen molar-refractivity contribution < 1.29 is 29.3 Å². The molecule has 1 N–H and O–H groups in total. The second-order valence-electron chi connectivity index (χ2n) is 7.66. The number of nitrogens with one attached hydrogen (secondary N) is 1. The first-order valence-electron chi connectivity index (χ1n) is 10.7. The maximum absolute atomic E-state index is 13.3. The average Bonchev–Trinajstić information content (AvgIpc) is 2.85. The van der Waals surface area contributed by atoms with Crippen molar-refractivity contribution in [3.8, 4) is 11.5 Å². The van der Waals surface area contributed by atoms with Crippen LogP contribution in [0.4, 0.5) is 5.69 Å². The molecule has 7 nitrogen and oxygen atoms in total. The molecular formula is C28H19NO6-2. The highest BCUT2D eigenvalue weighted by molar-refractivity contribution is 6.00. The molecule has 0 aliphatic heterocycles. The van der Waals surface area contributed by atoms with E-state index in [0.717, 1.165) is 23.3 Å². The van der Waals surface area contributed by atoms with Crippen LogP contribution in [0.5, 0.6) is 11.5 Å². The van der Waals surface area contributed by atoms with Gasteiger partial charge in [-0.25, -0.2) is 0 Å². The van der Waals surface area contributed by atoms with Crippen molar-refractivity contribution in [2.45, 2.75) is 5.92 Å². The lowest BCUT2D eigenvalue weighted by Gasteiger charge is -2.18. The number of carboxylic acids is 2. The molecule has 7 heteroatoms. The zero-order valence-corrected chi connectivity index (χ0v) is 18.3. The first kappa shape index (κ1) is 23.3. The number of carbonyl (C=O) groups is 3. The Kier molecular flexibility index (Phi) is 6.88. The summed E-state index contributed by atoms with van der Waals surface area (Å²) in [5.41, 5.74) is 1.08. The predicted octanol–water partition coefficient (Wildman–Crippen LogP) is 2.98. The first-order valence-corrected chi connectivity index (χ1v) is 10.7. The molecule has 4 aromatic rings. The predicted molar refractivity (Wildman–Crippen MR) is 125 cm³/mol. The molecule has 1 amide bonds. The molecule has 0 fully saturated rings. The van der Waals surface area contributed by atoms with Gasteiger partial charge in [0.05, 0.1) is 17.9 Å². The highest BCUT2D eigenvalue weighted by Gasteiger charge is 2.22. The zero-order valence-electron chi connectivity index (χ0n) is 18.3. The summed E-state index contributed by atoms with van der Waals surface area (Å²) >= 11 is 0. The Morgan fingerprint density at radius 1 is 0.629 bits per heavy atom. The molecule has 0 heterocycles. The summed E-state index contributed by atoms with van der Waals surface area (Å²) < 4.78 is 5.70. The number of hydrogen-bond donors (Lipinski definition) is 1. The molecule has 0 bridgehead atoms. The minimum Gasteiger partial charge on any atom is -0.545 e. The van der Waals surface area contributed by atoms with Crippen LogP contribution in [0.3, 0.4) is 0 Å². The summed E-state index contributed by atoms with van der Waals surface area (Å²) in [6.45, 7) is 0. The van der Waals surface area contributed by atoms with Gasteiger partial charge in [0, 0.05) is 22.9 Å². The topological polar surface area (TPSA) is 119 Å². The fraction of sp³-hybridized carbons (Fsp3) is 0.0357. The molecule has 0 saturated heterocycles. The normalized spacial score (nSPS) is 10.5. The van der Waals surface area contributed by atoms with Crippen LogP contribution >= 0.6 is 0 Å². The van der Waals surface area contributed by atoms with Gasteiger partial charge in [0.1, 0.15) is 11.5 Å². The molecule has 4 aromatic carbocycles. The average molecular weight is 465 g/mol. The number of ether oxygens (including phenoxy) is 1. The second kappa shape index (κ2) is 10.4. The number of anilines is 1. The number of aromatic carboxylic acids is 2. The Labute approximate surface area is 201 Å². The third kappa shape index (κ3) is 5.54. The van der Waals surface area contributed by atoms with E-state index < -0.39 is 29.0 Å². The van der Waals surface area contributed by atoms with Gasteiger partial charge in [0.2, 0.25) is 5.91 Å². The lowest BCUT2D eigenvalue weighted by atomic mass is 9.90. The second-order valence-corrected chi connectivity index (χ2v) is 7.66. The van der Waals surface area contributed by atoms with Gasteiger partial charge in [0.25, 0.3) is 0 Å². The molecule has 0 saturated carbocycles. The van der Waals surface area contributed by atoms with E-state index in [0.29, 0.717) is 11.4 Å². The summed E-state index contributed by atoms with van der Waals surface area (Å²) in [5.74, 6) is -3.68. The van der Waals surface area contributed by atoms with Crippen LogP contribution in [0.15, 0.2) is 103 Å². The summed E-state index contributed by atoms with van der Waals surface area (Å²) in [7, 11) is 0. The van der Waals surface area contributed by atoms with E-state index in [4.69, 9.17) is 4.74 Å². The number of carboxylic acid groups (broad SMARTS) is 2. The number of rotatable bonds is 8. The maximum atomic E-state index is 13.3. The van der Waals surface area contributed by atoms with Gasteiger partial charge in [-0.1, -0.05) is 66.7 Å². The largest absolute Gasteiger partial charge is 0.545 e. The Bertz CT molecular complexity index is 1330. The van der Waals surface area contributed by atoms with E-state index in [-0.39, 0.29) is 11.7 Å². The van der Waals surface area contributed by atoms with Crippen LogP contribution in [-0.4, -0.2) is 17.8 Å². The van der Waals surface area contributed by atoms with Gasteiger partial charge in [0.15, 0.2) is 0 Å². The van der Waals surface area contributed by atoms with Crippen molar-refractivity contribution in [1.29, 1.82) is 0 Å².